The molecule has 1 aromatic carbocycles. The zero-order valence-corrected chi connectivity index (χ0v) is 10.2. The Labute approximate surface area is 104 Å². The Hall–Kier alpha value is -2.36. The van der Waals surface area contributed by atoms with Gasteiger partial charge in [0.05, 0.1) is 17.4 Å². The number of nitrogens with zero attached hydrogens (tertiary/aromatic N) is 1. The van der Waals surface area contributed by atoms with Crippen LogP contribution >= 0.6 is 0 Å². The number of hydrogen-bond donors (Lipinski definition) is 1. The third-order valence-electron chi connectivity index (χ3n) is 3.29. The van der Waals surface area contributed by atoms with Crippen LogP contribution in [0.2, 0.25) is 0 Å². The van der Waals surface area contributed by atoms with Crippen LogP contribution in [0, 0.1) is 13.8 Å². The lowest BCUT2D eigenvalue weighted by Gasteiger charge is -2.07. The summed E-state index contributed by atoms with van der Waals surface area (Å²) < 4.78 is 5.48. The molecule has 0 fully saturated rings. The molecule has 0 saturated heterocycles. The number of nitrogens with one attached hydrogen (secondary N) is 1. The molecule has 2 heterocycles. The summed E-state index contributed by atoms with van der Waals surface area (Å²) in [5.41, 5.74) is 5.15. The highest BCUT2D eigenvalue weighted by Gasteiger charge is 2.13. The molecule has 0 saturated carbocycles. The van der Waals surface area contributed by atoms with Gasteiger partial charge in [0.1, 0.15) is 5.76 Å². The Balaban J connectivity index is 2.27. The van der Waals surface area contributed by atoms with Crippen molar-refractivity contribution in [1.29, 1.82) is 0 Å². The molecule has 4 heteroatoms. The standard InChI is InChI=1S/C14H12N2O2/c1-8-9(2)14-12(15-7-16-14)5-11(8)13-4-3-10(6-17)18-13/h3-7H,1-2H3,(H,15,16). The van der Waals surface area contributed by atoms with Crippen molar-refractivity contribution in [2.75, 3.05) is 0 Å². The average molecular weight is 240 g/mol. The molecule has 18 heavy (non-hydrogen) atoms. The second-order valence-corrected chi connectivity index (χ2v) is 4.29. The number of carbonyl (C=O) groups excluding carboxylic acids is 1. The SMILES string of the molecule is Cc1c(-c2ccc(C=O)o2)cc2[nH]cnc2c1C. The van der Waals surface area contributed by atoms with Crippen molar-refractivity contribution in [3.63, 3.8) is 0 Å². The van der Waals surface area contributed by atoms with Crippen LogP contribution in [0.1, 0.15) is 21.7 Å². The third kappa shape index (κ3) is 1.46. The lowest BCUT2D eigenvalue weighted by atomic mass is 10.00. The number of hydrogen-bond acceptors (Lipinski definition) is 3. The first-order chi connectivity index (χ1) is 8.70. The molecule has 0 amide bonds. The second-order valence-electron chi connectivity index (χ2n) is 4.29. The van der Waals surface area contributed by atoms with Gasteiger partial charge in [-0.15, -0.1) is 0 Å². The first-order valence-corrected chi connectivity index (χ1v) is 5.69. The van der Waals surface area contributed by atoms with Crippen molar-refractivity contribution in [3.8, 4) is 11.3 Å². The van der Waals surface area contributed by atoms with E-state index in [-0.39, 0.29) is 0 Å². The van der Waals surface area contributed by atoms with Gasteiger partial charge in [0.15, 0.2) is 12.0 Å². The predicted molar refractivity (Wildman–Crippen MR) is 68.7 cm³/mol. The number of furan rings is 1. The van der Waals surface area contributed by atoms with Crippen LogP contribution in [0.25, 0.3) is 22.4 Å². The molecular weight excluding hydrogens is 228 g/mol. The zero-order valence-electron chi connectivity index (χ0n) is 10.2. The van der Waals surface area contributed by atoms with Gasteiger partial charge in [-0.2, -0.15) is 0 Å². The summed E-state index contributed by atoms with van der Waals surface area (Å²) >= 11 is 0. The van der Waals surface area contributed by atoms with Crippen LogP contribution in [0.3, 0.4) is 0 Å². The average Bonchev–Trinajstić information content (AvgIpc) is 3.01. The maximum absolute atomic E-state index is 10.7. The van der Waals surface area contributed by atoms with Crippen LogP contribution in [0.15, 0.2) is 28.9 Å². The highest BCUT2D eigenvalue weighted by molar-refractivity contribution is 5.86. The molecule has 3 rings (SSSR count). The first kappa shape index (κ1) is 10.8. The van der Waals surface area contributed by atoms with E-state index in [9.17, 15) is 4.79 Å². The van der Waals surface area contributed by atoms with Gasteiger partial charge >= 0.3 is 0 Å². The molecule has 1 N–H and O–H groups in total. The summed E-state index contributed by atoms with van der Waals surface area (Å²) in [7, 11) is 0. The molecule has 3 aromatic rings. The summed E-state index contributed by atoms with van der Waals surface area (Å²) in [6, 6.07) is 5.49. The third-order valence-corrected chi connectivity index (χ3v) is 3.29. The molecule has 4 nitrogen and oxygen atoms in total. The molecule has 0 unspecified atom stereocenters. The van der Waals surface area contributed by atoms with E-state index in [1.54, 1.807) is 12.4 Å². The fourth-order valence-electron chi connectivity index (χ4n) is 2.16. The Morgan fingerprint density at radius 3 is 2.83 bits per heavy atom. The van der Waals surface area contributed by atoms with Gasteiger partial charge in [-0.1, -0.05) is 0 Å². The topological polar surface area (TPSA) is 58.9 Å². The molecule has 0 aliphatic carbocycles. The van der Waals surface area contributed by atoms with E-state index in [1.165, 1.54) is 0 Å². The fraction of sp³-hybridized carbons (Fsp3) is 0.143. The molecule has 0 spiro atoms. The number of aromatic nitrogens is 2. The van der Waals surface area contributed by atoms with Crippen molar-refractivity contribution in [3.05, 3.63) is 41.4 Å². The Kier molecular flexibility index (Phi) is 2.30. The lowest BCUT2D eigenvalue weighted by molar-refractivity contribution is 0.110. The minimum atomic E-state index is 0.340. The van der Waals surface area contributed by atoms with Crippen molar-refractivity contribution < 1.29 is 9.21 Å². The molecule has 0 bridgehead atoms. The number of carbonyl (C=O) groups is 1. The molecule has 0 radical (unpaired) electrons. The van der Waals surface area contributed by atoms with Crippen molar-refractivity contribution in [2.45, 2.75) is 13.8 Å². The van der Waals surface area contributed by atoms with Crippen LogP contribution in [0.5, 0.6) is 0 Å². The molecule has 0 aliphatic heterocycles. The van der Waals surface area contributed by atoms with Gasteiger partial charge in [-0.25, -0.2) is 4.98 Å². The van der Waals surface area contributed by atoms with E-state index in [2.05, 4.69) is 9.97 Å². The number of benzene rings is 1. The number of aryl methyl sites for hydroxylation is 1. The van der Waals surface area contributed by atoms with Gasteiger partial charge in [0, 0.05) is 5.56 Å². The number of imidazole rings is 1. The molecular formula is C14H12N2O2. The largest absolute Gasteiger partial charge is 0.453 e. The number of rotatable bonds is 2. The Bertz CT molecular complexity index is 737. The normalized spacial score (nSPS) is 11.0. The predicted octanol–water partition coefficient (Wildman–Crippen LogP) is 3.25. The van der Waals surface area contributed by atoms with Gasteiger partial charge < -0.3 is 9.40 Å². The quantitative estimate of drug-likeness (QED) is 0.699. The van der Waals surface area contributed by atoms with Gasteiger partial charge in [0.25, 0.3) is 0 Å². The minimum absolute atomic E-state index is 0.340. The Morgan fingerprint density at radius 1 is 1.28 bits per heavy atom. The van der Waals surface area contributed by atoms with Gasteiger partial charge in [-0.3, -0.25) is 4.79 Å². The van der Waals surface area contributed by atoms with Crippen LogP contribution < -0.4 is 0 Å². The van der Waals surface area contributed by atoms with E-state index >= 15 is 0 Å². The fourth-order valence-corrected chi connectivity index (χ4v) is 2.16. The van der Waals surface area contributed by atoms with Crippen molar-refractivity contribution in [2.24, 2.45) is 0 Å². The highest BCUT2D eigenvalue weighted by Crippen LogP contribution is 2.31. The van der Waals surface area contributed by atoms with Gasteiger partial charge in [-0.05, 0) is 43.2 Å². The number of aldehydes is 1. The smallest absolute Gasteiger partial charge is 0.185 e. The summed E-state index contributed by atoms with van der Waals surface area (Å²) in [6.45, 7) is 4.06. The molecule has 2 aromatic heterocycles. The van der Waals surface area contributed by atoms with E-state index in [0.29, 0.717) is 17.8 Å². The number of aromatic amines is 1. The Morgan fingerprint density at radius 2 is 2.11 bits per heavy atom. The summed E-state index contributed by atoms with van der Waals surface area (Å²) in [5, 5.41) is 0. The van der Waals surface area contributed by atoms with Crippen molar-refractivity contribution >= 4 is 17.3 Å². The summed E-state index contributed by atoms with van der Waals surface area (Å²) in [4.78, 5) is 18.1. The highest BCUT2D eigenvalue weighted by atomic mass is 16.3. The monoisotopic (exact) mass is 240 g/mol. The number of fused-ring (bicyclic) bond motifs is 1. The summed E-state index contributed by atoms with van der Waals surface area (Å²) in [6.07, 6.45) is 2.39. The maximum Gasteiger partial charge on any atom is 0.185 e. The van der Waals surface area contributed by atoms with Crippen LogP contribution in [-0.2, 0) is 0 Å². The van der Waals surface area contributed by atoms with Crippen molar-refractivity contribution in [1.82, 2.24) is 9.97 Å². The number of H-pyrrole nitrogens is 1. The maximum atomic E-state index is 10.7. The first-order valence-electron chi connectivity index (χ1n) is 5.69. The second kappa shape index (κ2) is 3.84. The van der Waals surface area contributed by atoms with E-state index in [4.69, 9.17) is 4.42 Å². The van der Waals surface area contributed by atoms with Crippen LogP contribution in [-0.4, -0.2) is 16.3 Å². The molecule has 0 aliphatic rings. The molecule has 0 atom stereocenters. The van der Waals surface area contributed by atoms with Crippen LogP contribution in [0.4, 0.5) is 0 Å². The zero-order chi connectivity index (χ0) is 12.7. The van der Waals surface area contributed by atoms with E-state index in [0.717, 1.165) is 27.7 Å². The van der Waals surface area contributed by atoms with E-state index in [1.807, 2.05) is 26.0 Å². The van der Waals surface area contributed by atoms with Gasteiger partial charge in [0.2, 0.25) is 0 Å². The lowest BCUT2D eigenvalue weighted by Crippen LogP contribution is -1.88. The molecule has 90 valence electrons. The van der Waals surface area contributed by atoms with E-state index < -0.39 is 0 Å². The summed E-state index contributed by atoms with van der Waals surface area (Å²) in [5.74, 6) is 1.04. The minimum Gasteiger partial charge on any atom is -0.453 e.